The number of aryl methyl sites for hydroxylation is 2. The highest BCUT2D eigenvalue weighted by molar-refractivity contribution is 5.35. The molecule has 1 aliphatic rings. The molecule has 0 spiro atoms. The number of rotatable bonds is 7. The van der Waals surface area contributed by atoms with Crippen LogP contribution in [-0.4, -0.2) is 78.6 Å². The van der Waals surface area contributed by atoms with E-state index in [9.17, 15) is 5.11 Å². The van der Waals surface area contributed by atoms with Crippen molar-refractivity contribution in [1.82, 2.24) is 9.80 Å². The van der Waals surface area contributed by atoms with Gasteiger partial charge in [0.05, 0.1) is 6.61 Å². The summed E-state index contributed by atoms with van der Waals surface area (Å²) in [6.07, 6.45) is -0.481. The van der Waals surface area contributed by atoms with Crippen molar-refractivity contribution in [3.05, 3.63) is 29.3 Å². The van der Waals surface area contributed by atoms with E-state index in [1.807, 2.05) is 19.1 Å². The summed E-state index contributed by atoms with van der Waals surface area (Å²) in [5, 5.41) is 19.1. The van der Waals surface area contributed by atoms with Crippen molar-refractivity contribution in [1.29, 1.82) is 0 Å². The van der Waals surface area contributed by atoms with E-state index < -0.39 is 6.10 Å². The average Bonchev–Trinajstić information content (AvgIpc) is 2.49. The molecule has 0 aromatic heterocycles. The van der Waals surface area contributed by atoms with E-state index in [0.717, 1.165) is 44.0 Å². The van der Waals surface area contributed by atoms with Gasteiger partial charge in [0.25, 0.3) is 0 Å². The molecule has 124 valence electrons. The monoisotopic (exact) mass is 308 g/mol. The van der Waals surface area contributed by atoms with Crippen molar-refractivity contribution in [2.45, 2.75) is 20.0 Å². The Balaban J connectivity index is 1.71. The SMILES string of the molecule is Cc1ccc(OC[C@@H](O)CN2CCN(CCO)CC2)c(C)c1. The molecule has 2 rings (SSSR count). The lowest BCUT2D eigenvalue weighted by atomic mass is 10.1. The first-order valence-corrected chi connectivity index (χ1v) is 8.02. The van der Waals surface area contributed by atoms with Gasteiger partial charge in [-0.25, -0.2) is 0 Å². The van der Waals surface area contributed by atoms with Crippen molar-refractivity contribution in [2.75, 3.05) is 52.5 Å². The van der Waals surface area contributed by atoms with Gasteiger partial charge in [0.2, 0.25) is 0 Å². The summed E-state index contributed by atoms with van der Waals surface area (Å²) in [6, 6.07) is 6.07. The summed E-state index contributed by atoms with van der Waals surface area (Å²) in [5.41, 5.74) is 2.32. The molecule has 1 atom stereocenters. The van der Waals surface area contributed by atoms with Gasteiger partial charge < -0.3 is 14.9 Å². The first-order chi connectivity index (χ1) is 10.6. The maximum atomic E-state index is 10.2. The fourth-order valence-electron chi connectivity index (χ4n) is 2.83. The predicted molar refractivity (Wildman–Crippen MR) is 87.4 cm³/mol. The van der Waals surface area contributed by atoms with Gasteiger partial charge in [0.15, 0.2) is 0 Å². The van der Waals surface area contributed by atoms with Gasteiger partial charge in [-0.05, 0) is 25.5 Å². The molecule has 1 aromatic carbocycles. The van der Waals surface area contributed by atoms with Crippen molar-refractivity contribution >= 4 is 0 Å². The van der Waals surface area contributed by atoms with E-state index >= 15 is 0 Å². The van der Waals surface area contributed by atoms with Crippen LogP contribution in [0.5, 0.6) is 5.75 Å². The lowest BCUT2D eigenvalue weighted by Gasteiger charge is -2.35. The van der Waals surface area contributed by atoms with Crippen molar-refractivity contribution in [3.63, 3.8) is 0 Å². The quantitative estimate of drug-likeness (QED) is 0.775. The van der Waals surface area contributed by atoms with Crippen LogP contribution in [0.15, 0.2) is 18.2 Å². The molecule has 0 radical (unpaired) electrons. The number of hydrogen-bond donors (Lipinski definition) is 2. The smallest absolute Gasteiger partial charge is 0.122 e. The molecule has 1 saturated heterocycles. The molecule has 5 heteroatoms. The van der Waals surface area contributed by atoms with Crippen molar-refractivity contribution in [2.24, 2.45) is 0 Å². The molecule has 0 unspecified atom stereocenters. The van der Waals surface area contributed by atoms with Gasteiger partial charge in [0, 0.05) is 39.3 Å². The van der Waals surface area contributed by atoms with Gasteiger partial charge in [-0.1, -0.05) is 17.7 Å². The third-order valence-electron chi connectivity index (χ3n) is 4.11. The Bertz CT molecular complexity index is 459. The van der Waals surface area contributed by atoms with Gasteiger partial charge in [-0.3, -0.25) is 9.80 Å². The Kier molecular flexibility index (Phi) is 6.64. The van der Waals surface area contributed by atoms with E-state index in [1.165, 1.54) is 5.56 Å². The van der Waals surface area contributed by atoms with Crippen LogP contribution >= 0.6 is 0 Å². The third kappa shape index (κ3) is 5.25. The molecular weight excluding hydrogens is 280 g/mol. The van der Waals surface area contributed by atoms with Crippen LogP contribution in [0.3, 0.4) is 0 Å². The average molecular weight is 308 g/mol. The molecule has 1 aromatic rings. The van der Waals surface area contributed by atoms with E-state index in [4.69, 9.17) is 9.84 Å². The lowest BCUT2D eigenvalue weighted by Crippen LogP contribution is -2.49. The summed E-state index contributed by atoms with van der Waals surface area (Å²) in [7, 11) is 0. The highest BCUT2D eigenvalue weighted by atomic mass is 16.5. The molecule has 5 nitrogen and oxygen atoms in total. The number of aliphatic hydroxyl groups is 2. The Hall–Kier alpha value is -1.14. The van der Waals surface area contributed by atoms with Crippen molar-refractivity contribution < 1.29 is 14.9 Å². The Morgan fingerprint density at radius 1 is 1.14 bits per heavy atom. The minimum absolute atomic E-state index is 0.215. The number of β-amino-alcohol motifs (C(OH)–C–C–N with tert-alkyl or cyclic N) is 2. The largest absolute Gasteiger partial charge is 0.491 e. The predicted octanol–water partition coefficient (Wildman–Crippen LogP) is 0.653. The van der Waals surface area contributed by atoms with Gasteiger partial charge in [-0.15, -0.1) is 0 Å². The number of benzene rings is 1. The topological polar surface area (TPSA) is 56.2 Å². The van der Waals surface area contributed by atoms with E-state index in [0.29, 0.717) is 13.2 Å². The maximum Gasteiger partial charge on any atom is 0.122 e. The van der Waals surface area contributed by atoms with Gasteiger partial charge in [-0.2, -0.15) is 0 Å². The summed E-state index contributed by atoms with van der Waals surface area (Å²) in [5.74, 6) is 0.845. The number of piperazine rings is 1. The van der Waals surface area contributed by atoms with Crippen LogP contribution in [0.25, 0.3) is 0 Å². The summed E-state index contributed by atoms with van der Waals surface area (Å²) >= 11 is 0. The summed E-state index contributed by atoms with van der Waals surface area (Å²) < 4.78 is 5.73. The van der Waals surface area contributed by atoms with Crippen LogP contribution in [0.4, 0.5) is 0 Å². The summed E-state index contributed by atoms with van der Waals surface area (Å²) in [4.78, 5) is 4.50. The second-order valence-electron chi connectivity index (χ2n) is 6.10. The fourth-order valence-corrected chi connectivity index (χ4v) is 2.83. The number of ether oxygens (including phenoxy) is 1. The van der Waals surface area contributed by atoms with Gasteiger partial charge in [0.1, 0.15) is 18.5 Å². The lowest BCUT2D eigenvalue weighted by molar-refractivity contribution is 0.0427. The summed E-state index contributed by atoms with van der Waals surface area (Å²) in [6.45, 7) is 9.76. The zero-order chi connectivity index (χ0) is 15.9. The Morgan fingerprint density at radius 3 is 2.45 bits per heavy atom. The zero-order valence-electron chi connectivity index (χ0n) is 13.7. The zero-order valence-corrected chi connectivity index (χ0v) is 13.7. The number of nitrogens with zero attached hydrogens (tertiary/aromatic N) is 2. The van der Waals surface area contributed by atoms with E-state index in [2.05, 4.69) is 22.8 Å². The molecule has 1 aliphatic heterocycles. The molecule has 0 saturated carbocycles. The highest BCUT2D eigenvalue weighted by Gasteiger charge is 2.19. The minimum Gasteiger partial charge on any atom is -0.491 e. The van der Waals surface area contributed by atoms with E-state index in [1.54, 1.807) is 0 Å². The molecule has 22 heavy (non-hydrogen) atoms. The maximum absolute atomic E-state index is 10.2. The number of hydrogen-bond acceptors (Lipinski definition) is 5. The van der Waals surface area contributed by atoms with Crippen LogP contribution in [0.1, 0.15) is 11.1 Å². The first-order valence-electron chi connectivity index (χ1n) is 8.02. The third-order valence-corrected chi connectivity index (χ3v) is 4.11. The Morgan fingerprint density at radius 2 is 1.82 bits per heavy atom. The van der Waals surface area contributed by atoms with Gasteiger partial charge >= 0.3 is 0 Å². The highest BCUT2D eigenvalue weighted by Crippen LogP contribution is 2.18. The minimum atomic E-state index is -0.481. The molecular formula is C17H28N2O3. The van der Waals surface area contributed by atoms with Crippen LogP contribution in [-0.2, 0) is 0 Å². The molecule has 1 heterocycles. The molecule has 0 amide bonds. The van der Waals surface area contributed by atoms with Crippen LogP contribution in [0, 0.1) is 13.8 Å². The van der Waals surface area contributed by atoms with Crippen molar-refractivity contribution in [3.8, 4) is 5.75 Å². The normalized spacial score (nSPS) is 18.4. The van der Waals surface area contributed by atoms with E-state index in [-0.39, 0.29) is 6.61 Å². The molecule has 0 aliphatic carbocycles. The molecule has 2 N–H and O–H groups in total. The molecule has 1 fully saturated rings. The fraction of sp³-hybridized carbons (Fsp3) is 0.647. The standard InChI is InChI=1S/C17H28N2O3/c1-14-3-4-17(15(2)11-14)22-13-16(21)12-19-7-5-18(6-8-19)9-10-20/h3-4,11,16,20-21H,5-10,12-13H2,1-2H3/t16-/m0/s1. The number of aliphatic hydroxyl groups excluding tert-OH is 2. The van der Waals surface area contributed by atoms with Crippen LogP contribution in [0.2, 0.25) is 0 Å². The second kappa shape index (κ2) is 8.48. The second-order valence-corrected chi connectivity index (χ2v) is 6.10. The first kappa shape index (κ1) is 17.2. The Labute approximate surface area is 133 Å². The van der Waals surface area contributed by atoms with Crippen LogP contribution < -0.4 is 4.74 Å². The molecule has 0 bridgehead atoms.